The third-order valence-corrected chi connectivity index (χ3v) is 3.76. The van der Waals surface area contributed by atoms with Gasteiger partial charge in [-0.2, -0.15) is 13.2 Å². The van der Waals surface area contributed by atoms with Crippen LogP contribution in [0.2, 0.25) is 0 Å². The van der Waals surface area contributed by atoms with E-state index in [0.29, 0.717) is 12.2 Å². The fourth-order valence-electron chi connectivity index (χ4n) is 2.59. The molecule has 5 nitrogen and oxygen atoms in total. The maximum absolute atomic E-state index is 13.3. The van der Waals surface area contributed by atoms with Crippen molar-refractivity contribution < 1.29 is 22.8 Å². The highest BCUT2D eigenvalue weighted by Crippen LogP contribution is 2.36. The zero-order chi connectivity index (χ0) is 20.0. The second kappa shape index (κ2) is 8.57. The van der Waals surface area contributed by atoms with Gasteiger partial charge in [0.15, 0.2) is 0 Å². The van der Waals surface area contributed by atoms with Gasteiger partial charge in [0, 0.05) is 30.5 Å². The van der Waals surface area contributed by atoms with E-state index in [2.05, 4.69) is 10.6 Å². The van der Waals surface area contributed by atoms with Gasteiger partial charge in [0.2, 0.25) is 11.8 Å². The smallest absolute Gasteiger partial charge is 0.376 e. The van der Waals surface area contributed by atoms with E-state index < -0.39 is 17.6 Å². The second-order valence-electron chi connectivity index (χ2n) is 5.77. The molecule has 2 N–H and O–H groups in total. The van der Waals surface area contributed by atoms with Crippen molar-refractivity contribution in [1.82, 2.24) is 0 Å². The van der Waals surface area contributed by atoms with Crippen molar-refractivity contribution in [3.05, 3.63) is 54.1 Å². The Labute approximate surface area is 155 Å². The number of para-hydroxylation sites is 1. The van der Waals surface area contributed by atoms with Gasteiger partial charge in [-0.1, -0.05) is 18.2 Å². The van der Waals surface area contributed by atoms with Crippen molar-refractivity contribution in [3.8, 4) is 0 Å². The predicted molar refractivity (Wildman–Crippen MR) is 98.7 cm³/mol. The van der Waals surface area contributed by atoms with Crippen LogP contribution in [-0.2, 0) is 15.8 Å². The highest BCUT2D eigenvalue weighted by Gasteiger charge is 2.34. The molecule has 27 heavy (non-hydrogen) atoms. The van der Waals surface area contributed by atoms with Crippen LogP contribution in [0.4, 0.5) is 30.2 Å². The van der Waals surface area contributed by atoms with Gasteiger partial charge in [0.05, 0.1) is 12.1 Å². The van der Waals surface area contributed by atoms with Crippen LogP contribution >= 0.6 is 0 Å². The zero-order valence-corrected chi connectivity index (χ0v) is 14.9. The summed E-state index contributed by atoms with van der Waals surface area (Å²) in [5, 5.41) is 4.88. The lowest BCUT2D eigenvalue weighted by Crippen LogP contribution is -2.35. The minimum Gasteiger partial charge on any atom is -0.376 e. The standard InChI is InChI=1S/C19H20F3N3O2/c1-3-25(15-7-5-4-6-8-15)18(27)12-23-17-10-9-14(24-13(2)26)11-16(17)19(20,21)22/h4-11,23H,3,12H2,1-2H3,(H,24,26). The number of anilines is 3. The van der Waals surface area contributed by atoms with Crippen LogP contribution in [0.1, 0.15) is 19.4 Å². The second-order valence-corrected chi connectivity index (χ2v) is 5.77. The van der Waals surface area contributed by atoms with E-state index in [0.717, 1.165) is 6.07 Å². The first-order chi connectivity index (χ1) is 12.7. The number of benzene rings is 2. The Morgan fingerprint density at radius 3 is 2.30 bits per heavy atom. The predicted octanol–water partition coefficient (Wildman–Crippen LogP) is 4.13. The summed E-state index contributed by atoms with van der Waals surface area (Å²) in [5.74, 6) is -0.830. The van der Waals surface area contributed by atoms with E-state index in [9.17, 15) is 22.8 Å². The van der Waals surface area contributed by atoms with Crippen molar-refractivity contribution in [1.29, 1.82) is 0 Å². The van der Waals surface area contributed by atoms with Crippen LogP contribution in [0.3, 0.4) is 0 Å². The third kappa shape index (κ3) is 5.47. The molecule has 0 atom stereocenters. The summed E-state index contributed by atoms with van der Waals surface area (Å²) < 4.78 is 40.0. The van der Waals surface area contributed by atoms with Gasteiger partial charge in [-0.3, -0.25) is 9.59 Å². The Hall–Kier alpha value is -3.03. The summed E-state index contributed by atoms with van der Waals surface area (Å²) in [5.41, 5.74) is -0.478. The van der Waals surface area contributed by atoms with Gasteiger partial charge in [-0.15, -0.1) is 0 Å². The molecule has 0 aliphatic heterocycles. The van der Waals surface area contributed by atoms with Crippen molar-refractivity contribution in [2.24, 2.45) is 0 Å². The topological polar surface area (TPSA) is 61.4 Å². The van der Waals surface area contributed by atoms with Crippen LogP contribution in [-0.4, -0.2) is 24.9 Å². The lowest BCUT2D eigenvalue weighted by Gasteiger charge is -2.22. The molecule has 2 rings (SSSR count). The number of carbonyl (C=O) groups excluding carboxylic acids is 2. The van der Waals surface area contributed by atoms with Gasteiger partial charge in [0.1, 0.15) is 0 Å². The lowest BCUT2D eigenvalue weighted by molar-refractivity contribution is -0.137. The highest BCUT2D eigenvalue weighted by atomic mass is 19.4. The number of nitrogens with zero attached hydrogens (tertiary/aromatic N) is 1. The third-order valence-electron chi connectivity index (χ3n) is 3.76. The van der Waals surface area contributed by atoms with Gasteiger partial charge in [-0.05, 0) is 37.3 Å². The SMILES string of the molecule is CCN(C(=O)CNc1ccc(NC(C)=O)cc1C(F)(F)F)c1ccccc1. The average Bonchev–Trinajstić information content (AvgIpc) is 2.61. The molecule has 0 radical (unpaired) electrons. The van der Waals surface area contributed by atoms with Crippen molar-refractivity contribution in [2.45, 2.75) is 20.0 Å². The zero-order valence-electron chi connectivity index (χ0n) is 14.9. The van der Waals surface area contributed by atoms with Gasteiger partial charge in [-0.25, -0.2) is 0 Å². The first-order valence-electron chi connectivity index (χ1n) is 8.30. The minimum absolute atomic E-state index is 0.0335. The van der Waals surface area contributed by atoms with Gasteiger partial charge in [0.25, 0.3) is 0 Å². The molecule has 144 valence electrons. The molecule has 2 aromatic carbocycles. The van der Waals surface area contributed by atoms with E-state index in [1.54, 1.807) is 31.2 Å². The molecule has 0 saturated carbocycles. The fraction of sp³-hybridized carbons (Fsp3) is 0.263. The first kappa shape index (κ1) is 20.3. The summed E-state index contributed by atoms with van der Waals surface area (Å²) in [6.45, 7) is 3.08. The summed E-state index contributed by atoms with van der Waals surface area (Å²) in [7, 11) is 0. The van der Waals surface area contributed by atoms with Gasteiger partial charge < -0.3 is 15.5 Å². The number of carbonyl (C=O) groups is 2. The number of amides is 2. The van der Waals surface area contributed by atoms with Crippen LogP contribution in [0, 0.1) is 0 Å². The lowest BCUT2D eigenvalue weighted by atomic mass is 10.1. The Morgan fingerprint density at radius 2 is 1.74 bits per heavy atom. The Balaban J connectivity index is 2.18. The Kier molecular flexibility index (Phi) is 6.44. The van der Waals surface area contributed by atoms with E-state index in [-0.39, 0.29) is 23.8 Å². The molecular weight excluding hydrogens is 359 g/mol. The number of hydrogen-bond donors (Lipinski definition) is 2. The van der Waals surface area contributed by atoms with Gasteiger partial charge >= 0.3 is 6.18 Å². The average molecular weight is 379 g/mol. The van der Waals surface area contributed by atoms with Crippen molar-refractivity contribution in [3.63, 3.8) is 0 Å². The van der Waals surface area contributed by atoms with E-state index >= 15 is 0 Å². The largest absolute Gasteiger partial charge is 0.418 e. The normalized spacial score (nSPS) is 11.0. The Morgan fingerprint density at radius 1 is 1.07 bits per heavy atom. The molecule has 0 bridgehead atoms. The maximum Gasteiger partial charge on any atom is 0.418 e. The Bertz CT molecular complexity index is 808. The molecule has 2 amide bonds. The molecule has 8 heteroatoms. The number of likely N-dealkylation sites (N-methyl/N-ethyl adjacent to an activating group) is 1. The fourth-order valence-corrected chi connectivity index (χ4v) is 2.59. The molecule has 0 fully saturated rings. The van der Waals surface area contributed by atoms with Crippen LogP contribution in [0.15, 0.2) is 48.5 Å². The quantitative estimate of drug-likeness (QED) is 0.793. The number of alkyl halides is 3. The number of halogens is 3. The molecule has 2 aromatic rings. The molecule has 0 unspecified atom stereocenters. The molecule has 0 spiro atoms. The van der Waals surface area contributed by atoms with E-state index in [1.807, 2.05) is 6.07 Å². The minimum atomic E-state index is -4.64. The molecule has 0 aromatic heterocycles. The maximum atomic E-state index is 13.3. The van der Waals surface area contributed by atoms with E-state index in [4.69, 9.17) is 0 Å². The summed E-state index contributed by atoms with van der Waals surface area (Å²) in [6, 6.07) is 12.3. The molecule has 0 aliphatic carbocycles. The summed E-state index contributed by atoms with van der Waals surface area (Å²) >= 11 is 0. The molecular formula is C19H20F3N3O2. The van der Waals surface area contributed by atoms with Crippen molar-refractivity contribution in [2.75, 3.05) is 28.6 Å². The van der Waals surface area contributed by atoms with Crippen LogP contribution in [0.5, 0.6) is 0 Å². The highest BCUT2D eigenvalue weighted by molar-refractivity contribution is 5.96. The van der Waals surface area contributed by atoms with E-state index in [1.165, 1.54) is 24.0 Å². The number of hydrogen-bond acceptors (Lipinski definition) is 3. The molecule has 0 saturated heterocycles. The summed E-state index contributed by atoms with van der Waals surface area (Å²) in [6.07, 6.45) is -4.64. The number of rotatable bonds is 6. The first-order valence-corrected chi connectivity index (χ1v) is 8.30. The molecule has 0 heterocycles. The van der Waals surface area contributed by atoms with Crippen LogP contribution in [0.25, 0.3) is 0 Å². The number of nitrogens with one attached hydrogen (secondary N) is 2. The summed E-state index contributed by atoms with van der Waals surface area (Å²) in [4.78, 5) is 25.0. The van der Waals surface area contributed by atoms with Crippen molar-refractivity contribution >= 4 is 28.9 Å². The monoisotopic (exact) mass is 379 g/mol. The molecule has 0 aliphatic rings. The van der Waals surface area contributed by atoms with Crippen LogP contribution < -0.4 is 15.5 Å².